The number of hydrogen-bond donors (Lipinski definition) is 1. The van der Waals surface area contributed by atoms with Crippen LogP contribution in [0, 0.1) is 5.92 Å². The molecule has 1 aromatic heterocycles. The number of carboxylic acid groups (broad SMARTS) is 1. The van der Waals surface area contributed by atoms with Crippen LogP contribution in [0.2, 0.25) is 0 Å². The summed E-state index contributed by atoms with van der Waals surface area (Å²) < 4.78 is 38.5. The van der Waals surface area contributed by atoms with Crippen molar-refractivity contribution in [1.29, 1.82) is 0 Å². The van der Waals surface area contributed by atoms with E-state index in [0.717, 1.165) is 38.5 Å². The zero-order valence-corrected chi connectivity index (χ0v) is 12.6. The number of nitrogens with zero attached hydrogens (tertiary/aromatic N) is 1. The highest BCUT2D eigenvalue weighted by molar-refractivity contribution is 7.13. The summed E-state index contributed by atoms with van der Waals surface area (Å²) in [6, 6.07) is 0. The Kier molecular flexibility index (Phi) is 4.91. The second-order valence-electron chi connectivity index (χ2n) is 5.54. The van der Waals surface area contributed by atoms with Gasteiger partial charge in [-0.3, -0.25) is 0 Å². The summed E-state index contributed by atoms with van der Waals surface area (Å²) in [5.74, 6) is -0.935. The molecule has 1 fully saturated rings. The van der Waals surface area contributed by atoms with E-state index in [1.807, 2.05) is 0 Å². The first-order valence-corrected chi connectivity index (χ1v) is 7.95. The Balaban J connectivity index is 2.17. The van der Waals surface area contributed by atoms with Crippen molar-refractivity contribution in [1.82, 2.24) is 4.98 Å². The highest BCUT2D eigenvalue weighted by atomic mass is 32.1. The highest BCUT2D eigenvalue weighted by Gasteiger charge is 2.40. The van der Waals surface area contributed by atoms with E-state index in [1.165, 1.54) is 0 Å². The van der Waals surface area contributed by atoms with E-state index in [9.17, 15) is 18.0 Å². The molecule has 1 saturated carbocycles. The van der Waals surface area contributed by atoms with Crippen molar-refractivity contribution in [3.8, 4) is 0 Å². The number of thiazole rings is 1. The Morgan fingerprint density at radius 1 is 1.33 bits per heavy atom. The Hall–Kier alpha value is -1.11. The van der Waals surface area contributed by atoms with Gasteiger partial charge in [0.2, 0.25) is 0 Å². The molecule has 3 nitrogen and oxygen atoms in total. The van der Waals surface area contributed by atoms with E-state index < -0.39 is 22.7 Å². The van der Waals surface area contributed by atoms with Crippen molar-refractivity contribution in [2.24, 2.45) is 5.92 Å². The first-order valence-electron chi connectivity index (χ1n) is 7.14. The molecule has 0 radical (unpaired) electrons. The second-order valence-corrected chi connectivity index (χ2v) is 6.57. The van der Waals surface area contributed by atoms with Gasteiger partial charge in [0.25, 0.3) is 0 Å². The van der Waals surface area contributed by atoms with Gasteiger partial charge in [-0.15, -0.1) is 11.3 Å². The van der Waals surface area contributed by atoms with E-state index >= 15 is 0 Å². The molecule has 1 aliphatic rings. The van der Waals surface area contributed by atoms with Crippen molar-refractivity contribution >= 4 is 17.3 Å². The molecule has 1 heterocycles. The van der Waals surface area contributed by atoms with Crippen LogP contribution in [0.3, 0.4) is 0 Å². The molecule has 0 bridgehead atoms. The summed E-state index contributed by atoms with van der Waals surface area (Å²) in [5.41, 5.74) is -1.24. The van der Waals surface area contributed by atoms with Crippen molar-refractivity contribution in [3.05, 3.63) is 15.6 Å². The molecule has 21 heavy (non-hydrogen) atoms. The molecule has 0 atom stereocenters. The van der Waals surface area contributed by atoms with Gasteiger partial charge in [0.05, 0.1) is 5.01 Å². The number of aromatic carboxylic acids is 1. The Bertz CT molecular complexity index is 505. The van der Waals surface area contributed by atoms with Gasteiger partial charge in [0, 0.05) is 5.92 Å². The van der Waals surface area contributed by atoms with E-state index in [2.05, 4.69) is 11.9 Å². The molecule has 0 saturated heterocycles. The zero-order valence-electron chi connectivity index (χ0n) is 11.7. The summed E-state index contributed by atoms with van der Waals surface area (Å²) in [7, 11) is 0. The lowest BCUT2D eigenvalue weighted by Crippen LogP contribution is -2.14. The predicted molar refractivity (Wildman–Crippen MR) is 73.7 cm³/mol. The van der Waals surface area contributed by atoms with Gasteiger partial charge < -0.3 is 5.11 Å². The number of carboxylic acids is 1. The molecule has 0 aromatic carbocycles. The Morgan fingerprint density at radius 3 is 2.38 bits per heavy atom. The molecule has 0 aliphatic heterocycles. The average Bonchev–Trinajstić information content (AvgIpc) is 2.85. The van der Waals surface area contributed by atoms with E-state index in [4.69, 9.17) is 5.11 Å². The normalized spacial score (nSPS) is 23.2. The predicted octanol–water partition coefficient (Wildman–Crippen LogP) is 4.93. The van der Waals surface area contributed by atoms with Gasteiger partial charge in [-0.1, -0.05) is 19.8 Å². The molecule has 0 unspecified atom stereocenters. The van der Waals surface area contributed by atoms with Gasteiger partial charge in [-0.2, -0.15) is 13.2 Å². The summed E-state index contributed by atoms with van der Waals surface area (Å²) in [6.07, 6.45) is 1.14. The lowest BCUT2D eigenvalue weighted by atomic mass is 9.80. The molecule has 2 rings (SSSR count). The van der Waals surface area contributed by atoms with E-state index in [-0.39, 0.29) is 5.92 Å². The third-order valence-corrected chi connectivity index (χ3v) is 5.21. The number of alkyl halides is 3. The van der Waals surface area contributed by atoms with Crippen LogP contribution in [0.4, 0.5) is 13.2 Å². The van der Waals surface area contributed by atoms with Crippen LogP contribution < -0.4 is 0 Å². The van der Waals surface area contributed by atoms with Crippen molar-refractivity contribution < 1.29 is 23.1 Å². The van der Waals surface area contributed by atoms with Gasteiger partial charge in [0.1, 0.15) is 4.88 Å². The SMILES string of the molecule is CCCC1CCC(c2nc(C(F)(F)F)c(C(=O)O)s2)CC1. The van der Waals surface area contributed by atoms with Gasteiger partial charge in [0.15, 0.2) is 5.69 Å². The van der Waals surface area contributed by atoms with Gasteiger partial charge in [-0.25, -0.2) is 9.78 Å². The molecule has 0 spiro atoms. The molecular formula is C14H18F3NO2S. The Morgan fingerprint density at radius 2 is 1.95 bits per heavy atom. The van der Waals surface area contributed by atoms with Crippen molar-refractivity contribution in [3.63, 3.8) is 0 Å². The standard InChI is InChI=1S/C14H18F3NO2S/c1-2-3-8-4-6-9(7-5-8)12-18-11(14(15,16)17)10(21-12)13(19)20/h8-9H,2-7H2,1H3,(H,19,20). The topological polar surface area (TPSA) is 50.2 Å². The summed E-state index contributed by atoms with van der Waals surface area (Å²) in [5, 5.41) is 9.25. The minimum Gasteiger partial charge on any atom is -0.477 e. The second kappa shape index (κ2) is 6.34. The van der Waals surface area contributed by atoms with Crippen LogP contribution in [-0.2, 0) is 6.18 Å². The van der Waals surface area contributed by atoms with Gasteiger partial charge in [-0.05, 0) is 31.6 Å². The smallest absolute Gasteiger partial charge is 0.435 e. The highest BCUT2D eigenvalue weighted by Crippen LogP contribution is 2.42. The fraction of sp³-hybridized carbons (Fsp3) is 0.714. The molecule has 7 heteroatoms. The monoisotopic (exact) mass is 321 g/mol. The molecule has 0 amide bonds. The minimum atomic E-state index is -4.71. The van der Waals surface area contributed by atoms with Crippen LogP contribution >= 0.6 is 11.3 Å². The fourth-order valence-electron chi connectivity index (χ4n) is 2.95. The molecule has 118 valence electrons. The third-order valence-electron chi connectivity index (χ3n) is 4.00. The van der Waals surface area contributed by atoms with Crippen LogP contribution in [-0.4, -0.2) is 16.1 Å². The van der Waals surface area contributed by atoms with Crippen LogP contribution in [0.25, 0.3) is 0 Å². The quantitative estimate of drug-likeness (QED) is 0.855. The summed E-state index contributed by atoms with van der Waals surface area (Å²) >= 11 is 0.685. The van der Waals surface area contributed by atoms with E-state index in [0.29, 0.717) is 22.3 Å². The summed E-state index contributed by atoms with van der Waals surface area (Å²) in [4.78, 5) is 13.9. The molecule has 1 N–H and O–H groups in total. The lowest BCUT2D eigenvalue weighted by molar-refractivity contribution is -0.141. The van der Waals surface area contributed by atoms with Crippen molar-refractivity contribution in [2.45, 2.75) is 57.5 Å². The number of hydrogen-bond acceptors (Lipinski definition) is 3. The van der Waals surface area contributed by atoms with Crippen LogP contribution in [0.15, 0.2) is 0 Å². The minimum absolute atomic E-state index is 0.0303. The maximum absolute atomic E-state index is 12.8. The van der Waals surface area contributed by atoms with E-state index in [1.54, 1.807) is 0 Å². The third kappa shape index (κ3) is 3.75. The molecule has 1 aliphatic carbocycles. The van der Waals surface area contributed by atoms with Crippen LogP contribution in [0.1, 0.15) is 71.7 Å². The molecule has 1 aromatic rings. The summed E-state index contributed by atoms with van der Waals surface area (Å²) in [6.45, 7) is 2.13. The number of rotatable bonds is 4. The Labute approximate surface area is 125 Å². The largest absolute Gasteiger partial charge is 0.477 e. The van der Waals surface area contributed by atoms with Gasteiger partial charge >= 0.3 is 12.1 Å². The average molecular weight is 321 g/mol. The number of aromatic nitrogens is 1. The first kappa shape index (κ1) is 16.3. The molecular weight excluding hydrogens is 303 g/mol. The van der Waals surface area contributed by atoms with Crippen LogP contribution in [0.5, 0.6) is 0 Å². The lowest BCUT2D eigenvalue weighted by Gasteiger charge is -2.26. The fourth-order valence-corrected chi connectivity index (χ4v) is 4.05. The zero-order chi connectivity index (χ0) is 15.6. The maximum atomic E-state index is 12.8. The first-order chi connectivity index (χ1) is 9.82. The number of carbonyl (C=O) groups is 1. The number of halogens is 3. The van der Waals surface area contributed by atoms with Crippen molar-refractivity contribution in [2.75, 3.05) is 0 Å². The maximum Gasteiger partial charge on any atom is 0.435 e.